The Hall–Kier alpha value is -2.16. The highest BCUT2D eigenvalue weighted by Crippen LogP contribution is 2.39. The van der Waals surface area contributed by atoms with Crippen LogP contribution < -0.4 is 9.47 Å². The van der Waals surface area contributed by atoms with Gasteiger partial charge in [0.05, 0.1) is 7.11 Å². The number of fused-ring (bicyclic) bond motifs is 1. The van der Waals surface area contributed by atoms with Gasteiger partial charge in [-0.3, -0.25) is 0 Å². The fraction of sp³-hybridized carbons (Fsp3) is 0.250. The van der Waals surface area contributed by atoms with E-state index < -0.39 is 0 Å². The number of ether oxygens (including phenoxy) is 2. The van der Waals surface area contributed by atoms with Crippen molar-refractivity contribution in [2.24, 2.45) is 0 Å². The van der Waals surface area contributed by atoms with Gasteiger partial charge in [0, 0.05) is 5.56 Å². The predicted molar refractivity (Wildman–Crippen MR) is 72.8 cm³/mol. The molecular weight excluding hydrogens is 240 g/mol. The lowest BCUT2D eigenvalue weighted by Crippen LogP contribution is -2.15. The van der Waals surface area contributed by atoms with Gasteiger partial charge in [-0.1, -0.05) is 18.2 Å². The smallest absolute Gasteiger partial charge is 0.128 e. The molecule has 19 heavy (non-hydrogen) atoms. The normalized spacial score (nSPS) is 17.4. The van der Waals surface area contributed by atoms with E-state index in [4.69, 9.17) is 9.47 Å². The molecule has 1 aliphatic rings. The third kappa shape index (κ3) is 2.24. The zero-order valence-electron chi connectivity index (χ0n) is 10.8. The lowest BCUT2D eigenvalue weighted by atomic mass is 9.97. The molecular formula is C16H16O3. The lowest BCUT2D eigenvalue weighted by molar-refractivity contribution is 0.172. The maximum absolute atomic E-state index is 9.48. The Balaban J connectivity index is 1.91. The van der Waals surface area contributed by atoms with E-state index in [1.54, 1.807) is 19.2 Å². The van der Waals surface area contributed by atoms with Crippen LogP contribution in [0.3, 0.4) is 0 Å². The molecule has 2 aromatic rings. The number of phenols is 1. The van der Waals surface area contributed by atoms with Crippen molar-refractivity contribution in [1.82, 2.24) is 0 Å². The third-order valence-electron chi connectivity index (χ3n) is 3.47. The van der Waals surface area contributed by atoms with Gasteiger partial charge in [0.25, 0.3) is 0 Å². The standard InChI is InChI=1S/C16H16O3/c1-18-15-5-3-2-4-13(15)16-8-6-11-10-12(17)7-9-14(11)19-16/h2-5,7,9-10,16-17H,6,8H2,1H3. The predicted octanol–water partition coefficient (Wildman–Crippen LogP) is 3.47. The van der Waals surface area contributed by atoms with E-state index in [-0.39, 0.29) is 11.9 Å². The largest absolute Gasteiger partial charge is 0.508 e. The summed E-state index contributed by atoms with van der Waals surface area (Å²) in [6.45, 7) is 0. The van der Waals surface area contributed by atoms with Crippen LogP contribution >= 0.6 is 0 Å². The Morgan fingerprint density at radius 1 is 1.21 bits per heavy atom. The monoisotopic (exact) mass is 256 g/mol. The van der Waals surface area contributed by atoms with E-state index in [0.29, 0.717) is 0 Å². The first kappa shape index (κ1) is 11.9. The van der Waals surface area contributed by atoms with Gasteiger partial charge in [-0.05, 0) is 42.7 Å². The zero-order chi connectivity index (χ0) is 13.2. The van der Waals surface area contributed by atoms with E-state index in [9.17, 15) is 5.11 Å². The summed E-state index contributed by atoms with van der Waals surface area (Å²) in [5.74, 6) is 1.99. The summed E-state index contributed by atoms with van der Waals surface area (Å²) in [6.07, 6.45) is 1.79. The number of aryl methyl sites for hydroxylation is 1. The molecule has 0 bridgehead atoms. The second-order valence-corrected chi connectivity index (χ2v) is 4.68. The lowest BCUT2D eigenvalue weighted by Gasteiger charge is -2.27. The number of phenolic OH excluding ortho intramolecular Hbond substituents is 1. The SMILES string of the molecule is COc1ccccc1C1CCc2cc(O)ccc2O1. The van der Waals surface area contributed by atoms with Gasteiger partial charge in [-0.25, -0.2) is 0 Å². The number of para-hydroxylation sites is 1. The van der Waals surface area contributed by atoms with Crippen LogP contribution in [0.4, 0.5) is 0 Å². The molecule has 2 aromatic carbocycles. The summed E-state index contributed by atoms with van der Waals surface area (Å²) < 4.78 is 11.4. The Morgan fingerprint density at radius 3 is 2.89 bits per heavy atom. The Bertz CT molecular complexity index is 592. The molecule has 0 aliphatic carbocycles. The van der Waals surface area contributed by atoms with Crippen LogP contribution in [-0.4, -0.2) is 12.2 Å². The fourth-order valence-corrected chi connectivity index (χ4v) is 2.53. The van der Waals surface area contributed by atoms with E-state index in [0.717, 1.165) is 35.5 Å². The quantitative estimate of drug-likeness (QED) is 0.894. The van der Waals surface area contributed by atoms with Crippen molar-refractivity contribution in [3.63, 3.8) is 0 Å². The third-order valence-corrected chi connectivity index (χ3v) is 3.47. The molecule has 3 nitrogen and oxygen atoms in total. The summed E-state index contributed by atoms with van der Waals surface area (Å²) >= 11 is 0. The molecule has 1 unspecified atom stereocenters. The number of hydrogen-bond donors (Lipinski definition) is 1. The molecule has 0 saturated carbocycles. The molecule has 1 atom stereocenters. The topological polar surface area (TPSA) is 38.7 Å². The molecule has 0 radical (unpaired) electrons. The molecule has 0 fully saturated rings. The summed E-state index contributed by atoms with van der Waals surface area (Å²) in [6, 6.07) is 13.2. The van der Waals surface area contributed by atoms with Gasteiger partial charge in [0.1, 0.15) is 23.4 Å². The molecule has 1 N–H and O–H groups in total. The fourth-order valence-electron chi connectivity index (χ4n) is 2.53. The number of methoxy groups -OCH3 is 1. The first-order valence-corrected chi connectivity index (χ1v) is 6.39. The highest BCUT2D eigenvalue weighted by Gasteiger charge is 2.23. The van der Waals surface area contributed by atoms with Crippen molar-refractivity contribution in [3.8, 4) is 17.2 Å². The van der Waals surface area contributed by atoms with Crippen LogP contribution in [0.15, 0.2) is 42.5 Å². The highest BCUT2D eigenvalue weighted by atomic mass is 16.5. The minimum atomic E-state index is 0.00759. The van der Waals surface area contributed by atoms with Crippen molar-refractivity contribution >= 4 is 0 Å². The first-order chi connectivity index (χ1) is 9.28. The molecule has 0 saturated heterocycles. The summed E-state index contributed by atoms with van der Waals surface area (Å²) in [7, 11) is 1.67. The van der Waals surface area contributed by atoms with Gasteiger partial charge >= 0.3 is 0 Å². The van der Waals surface area contributed by atoms with Crippen LogP contribution in [0.5, 0.6) is 17.2 Å². The number of aromatic hydroxyl groups is 1. The minimum absolute atomic E-state index is 0.00759. The summed E-state index contributed by atoms with van der Waals surface area (Å²) in [5.41, 5.74) is 2.13. The molecule has 1 aliphatic heterocycles. The Labute approximate surface area is 112 Å². The first-order valence-electron chi connectivity index (χ1n) is 6.39. The number of rotatable bonds is 2. The van der Waals surface area contributed by atoms with Crippen molar-refractivity contribution in [2.75, 3.05) is 7.11 Å². The maximum atomic E-state index is 9.48. The Kier molecular flexibility index (Phi) is 3.03. The molecule has 1 heterocycles. The van der Waals surface area contributed by atoms with Crippen molar-refractivity contribution in [3.05, 3.63) is 53.6 Å². The Morgan fingerprint density at radius 2 is 2.05 bits per heavy atom. The van der Waals surface area contributed by atoms with Crippen molar-refractivity contribution in [1.29, 1.82) is 0 Å². The molecule has 0 spiro atoms. The number of benzene rings is 2. The van der Waals surface area contributed by atoms with Crippen molar-refractivity contribution < 1.29 is 14.6 Å². The molecule has 3 heteroatoms. The molecule has 3 rings (SSSR count). The second kappa shape index (κ2) is 4.84. The summed E-state index contributed by atoms with van der Waals surface area (Å²) in [5, 5.41) is 9.48. The number of hydrogen-bond acceptors (Lipinski definition) is 3. The zero-order valence-corrected chi connectivity index (χ0v) is 10.8. The summed E-state index contributed by atoms with van der Waals surface area (Å²) in [4.78, 5) is 0. The van der Waals surface area contributed by atoms with Gasteiger partial charge in [0.15, 0.2) is 0 Å². The molecule has 98 valence electrons. The highest BCUT2D eigenvalue weighted by molar-refractivity contribution is 5.43. The van der Waals surface area contributed by atoms with E-state index >= 15 is 0 Å². The van der Waals surface area contributed by atoms with E-state index in [1.165, 1.54) is 0 Å². The van der Waals surface area contributed by atoms with Gasteiger partial charge < -0.3 is 14.6 Å². The van der Waals surface area contributed by atoms with E-state index in [1.807, 2.05) is 30.3 Å². The van der Waals surface area contributed by atoms with Crippen LogP contribution in [0.2, 0.25) is 0 Å². The van der Waals surface area contributed by atoms with Crippen LogP contribution in [0.25, 0.3) is 0 Å². The average Bonchev–Trinajstić information content (AvgIpc) is 2.46. The van der Waals surface area contributed by atoms with Crippen LogP contribution in [-0.2, 0) is 6.42 Å². The molecule has 0 amide bonds. The van der Waals surface area contributed by atoms with Crippen LogP contribution in [0, 0.1) is 0 Å². The molecule has 0 aromatic heterocycles. The maximum Gasteiger partial charge on any atom is 0.128 e. The minimum Gasteiger partial charge on any atom is -0.508 e. The van der Waals surface area contributed by atoms with Gasteiger partial charge in [-0.2, -0.15) is 0 Å². The van der Waals surface area contributed by atoms with E-state index in [2.05, 4.69) is 0 Å². The van der Waals surface area contributed by atoms with Crippen molar-refractivity contribution in [2.45, 2.75) is 18.9 Å². The second-order valence-electron chi connectivity index (χ2n) is 4.68. The van der Waals surface area contributed by atoms with Crippen LogP contribution in [0.1, 0.15) is 23.7 Å². The average molecular weight is 256 g/mol. The van der Waals surface area contributed by atoms with Gasteiger partial charge in [-0.15, -0.1) is 0 Å². The van der Waals surface area contributed by atoms with Gasteiger partial charge in [0.2, 0.25) is 0 Å².